The summed E-state index contributed by atoms with van der Waals surface area (Å²) in [5.74, 6) is -0.268. The molecule has 5 nitrogen and oxygen atoms in total. The highest BCUT2D eigenvalue weighted by Gasteiger charge is 2.16. The number of carbonyl (C=O) groups excluding carboxylic acids is 2. The second-order valence-corrected chi connectivity index (χ2v) is 7.53. The predicted molar refractivity (Wildman–Crippen MR) is 108 cm³/mol. The molecule has 2 aromatic rings. The normalized spacial score (nSPS) is 12.0. The van der Waals surface area contributed by atoms with E-state index in [1.807, 2.05) is 44.4 Å². The third kappa shape index (κ3) is 6.12. The van der Waals surface area contributed by atoms with E-state index in [0.717, 1.165) is 10.4 Å². The molecule has 0 fully saturated rings. The lowest BCUT2D eigenvalue weighted by Gasteiger charge is -2.21. The van der Waals surface area contributed by atoms with Crippen LogP contribution in [-0.4, -0.2) is 36.3 Å². The molecule has 0 aliphatic rings. The van der Waals surface area contributed by atoms with Gasteiger partial charge in [-0.1, -0.05) is 30.7 Å². The van der Waals surface area contributed by atoms with E-state index < -0.39 is 0 Å². The molecule has 1 atom stereocenters. The standard InChI is InChI=1S/C19H24ClN3O2S/c1-4-23(11-18(24)21-14(3)17-6-5-9-26-17)12-19(25)22-16-10-15(20)8-7-13(16)2/h5-10,14H,4,11-12H2,1-3H3,(H,21,24)(H,22,25)/t14-/m1/s1. The molecule has 1 aromatic carbocycles. The summed E-state index contributed by atoms with van der Waals surface area (Å²) in [6, 6.07) is 9.28. The summed E-state index contributed by atoms with van der Waals surface area (Å²) in [7, 11) is 0. The third-order valence-electron chi connectivity index (χ3n) is 4.00. The molecule has 7 heteroatoms. The predicted octanol–water partition coefficient (Wildman–Crippen LogP) is 3.85. The Morgan fingerprint density at radius 1 is 1.23 bits per heavy atom. The minimum Gasteiger partial charge on any atom is -0.348 e. The van der Waals surface area contributed by atoms with Gasteiger partial charge in [0.2, 0.25) is 11.8 Å². The molecule has 0 saturated heterocycles. The van der Waals surface area contributed by atoms with Crippen molar-refractivity contribution in [1.29, 1.82) is 0 Å². The minimum atomic E-state index is -0.170. The average Bonchev–Trinajstić information content (AvgIpc) is 3.12. The van der Waals surface area contributed by atoms with Gasteiger partial charge in [-0.15, -0.1) is 11.3 Å². The summed E-state index contributed by atoms with van der Waals surface area (Å²) in [5.41, 5.74) is 1.63. The summed E-state index contributed by atoms with van der Waals surface area (Å²) in [4.78, 5) is 27.5. The van der Waals surface area contributed by atoms with Crippen molar-refractivity contribution in [2.24, 2.45) is 0 Å². The van der Waals surface area contributed by atoms with Crippen LogP contribution in [0.2, 0.25) is 5.02 Å². The van der Waals surface area contributed by atoms with Gasteiger partial charge in [0.25, 0.3) is 0 Å². The topological polar surface area (TPSA) is 61.4 Å². The molecular formula is C19H24ClN3O2S. The fourth-order valence-electron chi connectivity index (χ4n) is 2.50. The van der Waals surface area contributed by atoms with Crippen molar-refractivity contribution in [2.45, 2.75) is 26.8 Å². The number of hydrogen-bond acceptors (Lipinski definition) is 4. The first-order valence-corrected chi connectivity index (χ1v) is 9.76. The Balaban J connectivity index is 1.86. The zero-order chi connectivity index (χ0) is 19.1. The van der Waals surface area contributed by atoms with E-state index in [1.54, 1.807) is 28.4 Å². The lowest BCUT2D eigenvalue weighted by atomic mass is 10.2. The summed E-state index contributed by atoms with van der Waals surface area (Å²) >= 11 is 7.59. The van der Waals surface area contributed by atoms with E-state index in [-0.39, 0.29) is 30.9 Å². The van der Waals surface area contributed by atoms with Crippen molar-refractivity contribution >= 4 is 40.4 Å². The van der Waals surface area contributed by atoms with Crippen LogP contribution >= 0.6 is 22.9 Å². The molecule has 1 heterocycles. The Labute approximate surface area is 163 Å². The zero-order valence-electron chi connectivity index (χ0n) is 15.2. The molecule has 0 bridgehead atoms. The molecule has 0 aliphatic heterocycles. The molecule has 2 rings (SSSR count). The van der Waals surface area contributed by atoms with E-state index in [1.165, 1.54) is 0 Å². The largest absolute Gasteiger partial charge is 0.348 e. The highest BCUT2D eigenvalue weighted by molar-refractivity contribution is 7.10. The van der Waals surface area contributed by atoms with Gasteiger partial charge >= 0.3 is 0 Å². The third-order valence-corrected chi connectivity index (χ3v) is 5.29. The van der Waals surface area contributed by atoms with Crippen LogP contribution in [0.15, 0.2) is 35.7 Å². The van der Waals surface area contributed by atoms with Gasteiger partial charge in [0, 0.05) is 15.6 Å². The average molecular weight is 394 g/mol. The van der Waals surface area contributed by atoms with Crippen LogP contribution in [0.1, 0.15) is 30.3 Å². The number of rotatable bonds is 8. The molecule has 26 heavy (non-hydrogen) atoms. The molecule has 0 unspecified atom stereocenters. The van der Waals surface area contributed by atoms with Crippen molar-refractivity contribution < 1.29 is 9.59 Å². The minimum absolute atomic E-state index is 0.0378. The summed E-state index contributed by atoms with van der Waals surface area (Å²) in [5, 5.41) is 8.38. The Morgan fingerprint density at radius 3 is 2.62 bits per heavy atom. The highest BCUT2D eigenvalue weighted by atomic mass is 35.5. The first-order chi connectivity index (χ1) is 12.4. The van der Waals surface area contributed by atoms with Gasteiger partial charge in [0.05, 0.1) is 19.1 Å². The zero-order valence-corrected chi connectivity index (χ0v) is 16.8. The first-order valence-electron chi connectivity index (χ1n) is 8.50. The smallest absolute Gasteiger partial charge is 0.238 e. The number of nitrogens with zero attached hydrogens (tertiary/aromatic N) is 1. The lowest BCUT2D eigenvalue weighted by Crippen LogP contribution is -2.41. The molecular weight excluding hydrogens is 370 g/mol. The van der Waals surface area contributed by atoms with Crippen molar-refractivity contribution in [3.05, 3.63) is 51.2 Å². The Morgan fingerprint density at radius 2 is 1.96 bits per heavy atom. The molecule has 140 valence electrons. The highest BCUT2D eigenvalue weighted by Crippen LogP contribution is 2.20. The summed E-state index contributed by atoms with van der Waals surface area (Å²) in [6.45, 7) is 6.70. The van der Waals surface area contributed by atoms with Crippen LogP contribution in [0.25, 0.3) is 0 Å². The lowest BCUT2D eigenvalue weighted by molar-refractivity contribution is -0.123. The van der Waals surface area contributed by atoms with Gasteiger partial charge < -0.3 is 10.6 Å². The van der Waals surface area contributed by atoms with Crippen molar-refractivity contribution in [3.63, 3.8) is 0 Å². The van der Waals surface area contributed by atoms with Gasteiger partial charge in [-0.3, -0.25) is 14.5 Å². The van der Waals surface area contributed by atoms with E-state index >= 15 is 0 Å². The van der Waals surface area contributed by atoms with Crippen LogP contribution in [0, 0.1) is 6.92 Å². The maximum atomic E-state index is 12.3. The number of benzene rings is 1. The first kappa shape index (κ1) is 20.4. The van der Waals surface area contributed by atoms with Crippen LogP contribution in [0.3, 0.4) is 0 Å². The Hall–Kier alpha value is -1.89. The summed E-state index contributed by atoms with van der Waals surface area (Å²) in [6.07, 6.45) is 0. The van der Waals surface area contributed by atoms with Gasteiger partial charge in [-0.05, 0) is 49.5 Å². The van der Waals surface area contributed by atoms with Crippen LogP contribution in [0.4, 0.5) is 5.69 Å². The Bertz CT molecular complexity index is 749. The van der Waals surface area contributed by atoms with Crippen LogP contribution < -0.4 is 10.6 Å². The molecule has 0 radical (unpaired) electrons. The maximum Gasteiger partial charge on any atom is 0.238 e. The fraction of sp³-hybridized carbons (Fsp3) is 0.368. The van der Waals surface area contributed by atoms with Gasteiger partial charge in [0.15, 0.2) is 0 Å². The molecule has 2 amide bonds. The van der Waals surface area contributed by atoms with Crippen molar-refractivity contribution in [1.82, 2.24) is 10.2 Å². The van der Waals surface area contributed by atoms with E-state index in [2.05, 4.69) is 10.6 Å². The maximum absolute atomic E-state index is 12.3. The van der Waals surface area contributed by atoms with Crippen LogP contribution in [-0.2, 0) is 9.59 Å². The van der Waals surface area contributed by atoms with E-state index in [0.29, 0.717) is 17.3 Å². The number of likely N-dealkylation sites (N-methyl/N-ethyl adjacent to an activating group) is 1. The number of thiophene rings is 1. The second-order valence-electron chi connectivity index (χ2n) is 6.12. The van der Waals surface area contributed by atoms with Gasteiger partial charge in [0.1, 0.15) is 0 Å². The molecule has 1 aromatic heterocycles. The van der Waals surface area contributed by atoms with E-state index in [4.69, 9.17) is 11.6 Å². The number of amides is 2. The number of halogens is 1. The molecule has 0 aliphatic carbocycles. The van der Waals surface area contributed by atoms with E-state index in [9.17, 15) is 9.59 Å². The monoisotopic (exact) mass is 393 g/mol. The SMILES string of the molecule is CCN(CC(=O)Nc1cc(Cl)ccc1C)CC(=O)N[C@H](C)c1cccs1. The van der Waals surface area contributed by atoms with Gasteiger partial charge in [-0.25, -0.2) is 0 Å². The molecule has 2 N–H and O–H groups in total. The van der Waals surface area contributed by atoms with Crippen molar-refractivity contribution in [2.75, 3.05) is 25.0 Å². The molecule has 0 saturated carbocycles. The van der Waals surface area contributed by atoms with Gasteiger partial charge in [-0.2, -0.15) is 0 Å². The number of anilines is 1. The fourth-order valence-corrected chi connectivity index (χ4v) is 3.41. The molecule has 0 spiro atoms. The number of nitrogens with one attached hydrogen (secondary N) is 2. The van der Waals surface area contributed by atoms with Crippen LogP contribution in [0.5, 0.6) is 0 Å². The number of hydrogen-bond donors (Lipinski definition) is 2. The van der Waals surface area contributed by atoms with Crippen molar-refractivity contribution in [3.8, 4) is 0 Å². The number of carbonyl (C=O) groups is 2. The summed E-state index contributed by atoms with van der Waals surface area (Å²) < 4.78 is 0. The second kappa shape index (κ2) is 9.71. The quantitative estimate of drug-likeness (QED) is 0.716. The number of aryl methyl sites for hydroxylation is 1. The Kier molecular flexibility index (Phi) is 7.63.